The highest BCUT2D eigenvalue weighted by Crippen LogP contribution is 2.36. The van der Waals surface area contributed by atoms with Crippen LogP contribution in [-0.4, -0.2) is 13.5 Å². The minimum absolute atomic E-state index is 0.0139. The minimum Gasteiger partial charge on any atom is -0.391 e. The van der Waals surface area contributed by atoms with E-state index < -0.39 is 10.0 Å². The molecule has 108 valence electrons. The number of halogens is 3. The highest BCUT2D eigenvalue weighted by Gasteiger charge is 2.22. The summed E-state index contributed by atoms with van der Waals surface area (Å²) in [5, 5.41) is 11.1. The Kier molecular flexibility index (Phi) is 4.99. The molecule has 0 amide bonds. The van der Waals surface area contributed by atoms with Crippen LogP contribution in [0.3, 0.4) is 0 Å². The first kappa shape index (κ1) is 16.1. The molecule has 2 rings (SSSR count). The molecule has 4 nitrogen and oxygen atoms in total. The van der Waals surface area contributed by atoms with E-state index in [1.807, 2.05) is 0 Å². The van der Waals surface area contributed by atoms with Crippen molar-refractivity contribution in [3.63, 3.8) is 0 Å². The fourth-order valence-electron chi connectivity index (χ4n) is 1.51. The van der Waals surface area contributed by atoms with Crippen LogP contribution in [0.25, 0.3) is 0 Å². The van der Waals surface area contributed by atoms with Gasteiger partial charge in [-0.15, -0.1) is 11.3 Å². The number of hydrogen-bond donors (Lipinski definition) is 2. The molecule has 0 aliphatic heterocycles. The van der Waals surface area contributed by atoms with Crippen LogP contribution in [0, 0.1) is 0 Å². The third-order valence-corrected chi connectivity index (χ3v) is 5.90. The Morgan fingerprint density at radius 2 is 1.90 bits per heavy atom. The number of nitrogens with one attached hydrogen (secondary N) is 1. The van der Waals surface area contributed by atoms with Gasteiger partial charge < -0.3 is 5.11 Å². The monoisotopic (exact) mass is 415 g/mol. The van der Waals surface area contributed by atoms with Crippen molar-refractivity contribution in [3.8, 4) is 0 Å². The van der Waals surface area contributed by atoms with Gasteiger partial charge in [0.25, 0.3) is 10.0 Å². The molecule has 0 radical (unpaired) electrons. The van der Waals surface area contributed by atoms with Crippen molar-refractivity contribution < 1.29 is 13.5 Å². The van der Waals surface area contributed by atoms with E-state index in [2.05, 4.69) is 20.7 Å². The fraction of sp³-hybridized carbons (Fsp3) is 0.0909. The lowest BCUT2D eigenvalue weighted by Crippen LogP contribution is -2.14. The largest absolute Gasteiger partial charge is 0.391 e. The maximum Gasteiger partial charge on any atom is 0.263 e. The van der Waals surface area contributed by atoms with Crippen molar-refractivity contribution >= 4 is 66.2 Å². The zero-order chi connectivity index (χ0) is 14.9. The van der Waals surface area contributed by atoms with Crippen LogP contribution in [0.1, 0.15) is 4.88 Å². The molecule has 0 bridgehead atoms. The molecule has 20 heavy (non-hydrogen) atoms. The van der Waals surface area contributed by atoms with Crippen LogP contribution in [0.4, 0.5) is 5.69 Å². The van der Waals surface area contributed by atoms with E-state index in [9.17, 15) is 8.42 Å². The molecule has 1 aromatic carbocycles. The second-order valence-electron chi connectivity index (χ2n) is 3.72. The quantitative estimate of drug-likeness (QED) is 0.787. The van der Waals surface area contributed by atoms with E-state index in [-0.39, 0.29) is 27.2 Å². The van der Waals surface area contributed by atoms with Gasteiger partial charge in [0.05, 0.1) is 27.2 Å². The van der Waals surface area contributed by atoms with Crippen LogP contribution >= 0.6 is 50.5 Å². The zero-order valence-electron chi connectivity index (χ0n) is 9.73. The lowest BCUT2D eigenvalue weighted by atomic mass is 10.3. The van der Waals surface area contributed by atoms with Crippen molar-refractivity contribution in [1.82, 2.24) is 0 Å². The van der Waals surface area contributed by atoms with Gasteiger partial charge in [-0.1, -0.05) is 39.1 Å². The SMILES string of the molecule is O=S(=O)(Nc1c(Cl)cc(Br)cc1Cl)c1ccsc1CO. The maximum atomic E-state index is 12.3. The van der Waals surface area contributed by atoms with E-state index in [4.69, 9.17) is 28.3 Å². The summed E-state index contributed by atoms with van der Waals surface area (Å²) in [6.45, 7) is -0.351. The van der Waals surface area contributed by atoms with E-state index >= 15 is 0 Å². The molecule has 0 aliphatic carbocycles. The average molecular weight is 417 g/mol. The van der Waals surface area contributed by atoms with Crippen molar-refractivity contribution in [3.05, 3.63) is 43.0 Å². The first-order valence-corrected chi connectivity index (χ1v) is 9.11. The molecule has 9 heteroatoms. The van der Waals surface area contributed by atoms with Crippen molar-refractivity contribution in [1.29, 1.82) is 0 Å². The van der Waals surface area contributed by atoms with E-state index in [0.717, 1.165) is 11.3 Å². The third kappa shape index (κ3) is 3.29. The highest BCUT2D eigenvalue weighted by atomic mass is 79.9. The Hall–Kier alpha value is -0.310. The first-order valence-electron chi connectivity index (χ1n) is 5.19. The number of aliphatic hydroxyl groups excluding tert-OH is 1. The number of thiophene rings is 1. The highest BCUT2D eigenvalue weighted by molar-refractivity contribution is 9.10. The molecule has 1 heterocycles. The Labute approximate surface area is 138 Å². The zero-order valence-corrected chi connectivity index (χ0v) is 14.5. The van der Waals surface area contributed by atoms with Gasteiger partial charge >= 0.3 is 0 Å². The van der Waals surface area contributed by atoms with Gasteiger partial charge in [-0.05, 0) is 23.6 Å². The molecule has 0 fully saturated rings. The average Bonchev–Trinajstić information content (AvgIpc) is 2.83. The Morgan fingerprint density at radius 3 is 2.45 bits per heavy atom. The number of benzene rings is 1. The normalized spacial score (nSPS) is 11.6. The summed E-state index contributed by atoms with van der Waals surface area (Å²) in [4.78, 5) is 0.363. The molecule has 2 aromatic rings. The summed E-state index contributed by atoms with van der Waals surface area (Å²) in [7, 11) is -3.85. The summed E-state index contributed by atoms with van der Waals surface area (Å²) in [6.07, 6.45) is 0. The van der Waals surface area contributed by atoms with Crippen molar-refractivity contribution in [2.24, 2.45) is 0 Å². The molecule has 0 saturated carbocycles. The molecule has 0 atom stereocenters. The Morgan fingerprint density at radius 1 is 1.30 bits per heavy atom. The number of sulfonamides is 1. The molecule has 0 aliphatic rings. The summed E-state index contributed by atoms with van der Waals surface area (Å²) in [6, 6.07) is 4.48. The molecule has 1 aromatic heterocycles. The van der Waals surface area contributed by atoms with E-state index in [1.165, 1.54) is 18.2 Å². The van der Waals surface area contributed by atoms with Gasteiger partial charge in [0.2, 0.25) is 0 Å². The number of rotatable bonds is 4. The first-order chi connectivity index (χ1) is 9.35. The maximum absolute atomic E-state index is 12.3. The molecule has 0 saturated heterocycles. The second-order valence-corrected chi connectivity index (χ2v) is 8.10. The van der Waals surface area contributed by atoms with Gasteiger partial charge in [0, 0.05) is 4.47 Å². The molecule has 0 spiro atoms. The Bertz CT molecular complexity index is 723. The summed E-state index contributed by atoms with van der Waals surface area (Å²) >= 11 is 16.3. The van der Waals surface area contributed by atoms with Crippen LogP contribution < -0.4 is 4.72 Å². The number of anilines is 1. The predicted molar refractivity (Wildman–Crippen MR) is 85.2 cm³/mol. The number of hydrogen-bond acceptors (Lipinski definition) is 4. The molecule has 0 unspecified atom stereocenters. The topological polar surface area (TPSA) is 66.4 Å². The van der Waals surface area contributed by atoms with Gasteiger partial charge in [-0.2, -0.15) is 0 Å². The Balaban J connectivity index is 2.44. The summed E-state index contributed by atoms with van der Waals surface area (Å²) in [5.74, 6) is 0. The predicted octanol–water partition coefficient (Wildman–Crippen LogP) is 4.11. The van der Waals surface area contributed by atoms with Gasteiger partial charge in [0.1, 0.15) is 4.90 Å². The minimum atomic E-state index is -3.85. The third-order valence-electron chi connectivity index (χ3n) is 2.38. The summed E-state index contributed by atoms with van der Waals surface area (Å²) < 4.78 is 27.6. The second kappa shape index (κ2) is 6.21. The van der Waals surface area contributed by atoms with Crippen molar-refractivity contribution in [2.75, 3.05) is 4.72 Å². The lowest BCUT2D eigenvalue weighted by molar-refractivity contribution is 0.282. The lowest BCUT2D eigenvalue weighted by Gasteiger charge is -2.11. The molecular formula is C11H8BrCl2NO3S2. The molecular weight excluding hydrogens is 409 g/mol. The standard InChI is InChI=1S/C11H8BrCl2NO3S2/c12-6-3-7(13)11(8(14)4-6)15-20(17,18)10-1-2-19-9(10)5-16/h1-4,15-16H,5H2. The summed E-state index contributed by atoms with van der Waals surface area (Å²) in [5.41, 5.74) is 0.103. The van der Waals surface area contributed by atoms with Crippen LogP contribution in [0.15, 0.2) is 32.9 Å². The van der Waals surface area contributed by atoms with Crippen LogP contribution in [-0.2, 0) is 16.6 Å². The van der Waals surface area contributed by atoms with Crippen molar-refractivity contribution in [2.45, 2.75) is 11.5 Å². The van der Waals surface area contributed by atoms with E-state index in [0.29, 0.717) is 9.35 Å². The smallest absolute Gasteiger partial charge is 0.263 e. The van der Waals surface area contributed by atoms with Crippen LogP contribution in [0.2, 0.25) is 10.0 Å². The molecule has 2 N–H and O–H groups in total. The van der Waals surface area contributed by atoms with Crippen LogP contribution in [0.5, 0.6) is 0 Å². The van der Waals surface area contributed by atoms with Gasteiger partial charge in [0.15, 0.2) is 0 Å². The van der Waals surface area contributed by atoms with Gasteiger partial charge in [-0.3, -0.25) is 4.72 Å². The fourth-order valence-corrected chi connectivity index (χ4v) is 5.32. The van der Waals surface area contributed by atoms with Gasteiger partial charge in [-0.25, -0.2) is 8.42 Å². The number of aliphatic hydroxyl groups is 1. The van der Waals surface area contributed by atoms with E-state index in [1.54, 1.807) is 5.38 Å².